The Bertz CT molecular complexity index is 1500. The lowest BCUT2D eigenvalue weighted by atomic mass is 10.0. The van der Waals surface area contributed by atoms with Gasteiger partial charge in [0.15, 0.2) is 0 Å². The van der Waals surface area contributed by atoms with E-state index in [0.29, 0.717) is 16.9 Å². The number of nitrogens with zero attached hydrogens (tertiary/aromatic N) is 3. The van der Waals surface area contributed by atoms with Crippen LogP contribution in [0, 0.1) is 5.82 Å². The number of benzene rings is 1. The zero-order chi connectivity index (χ0) is 21.7. The monoisotopic (exact) mass is 426 g/mol. The third-order valence-corrected chi connectivity index (χ3v) is 5.78. The minimum absolute atomic E-state index is 0.122. The molecule has 1 aliphatic rings. The van der Waals surface area contributed by atoms with Crippen LogP contribution in [0.15, 0.2) is 54.7 Å². The molecule has 0 saturated carbocycles. The minimum Gasteiger partial charge on any atom is -0.508 e. The highest BCUT2D eigenvalue weighted by atomic mass is 19.1. The topological polar surface area (TPSA) is 103 Å². The van der Waals surface area contributed by atoms with Crippen LogP contribution >= 0.6 is 0 Å². The lowest BCUT2D eigenvalue weighted by molar-refractivity contribution is 0.469. The van der Waals surface area contributed by atoms with E-state index in [4.69, 9.17) is 4.98 Å². The van der Waals surface area contributed by atoms with Crippen molar-refractivity contribution in [3.63, 3.8) is 0 Å². The van der Waals surface area contributed by atoms with Gasteiger partial charge in [0.1, 0.15) is 28.4 Å². The molecule has 0 aliphatic carbocycles. The molecule has 158 valence electrons. The Labute approximate surface area is 182 Å². The van der Waals surface area contributed by atoms with Crippen LogP contribution < -0.4 is 5.32 Å². The minimum atomic E-state index is -0.497. The number of hydrogen-bond acceptors (Lipinski definition) is 5. The molecule has 5 aromatic rings. The molecule has 5 heterocycles. The molecule has 0 saturated heterocycles. The standard InChI is InChI=1S/C24H19FN6O/c25-15-9-14(10-16(32)11-15)17-5-8-27-24-18(17)12-21(29-24)23-22-20(30-31-23)2-1-19(28-22)13-3-6-26-7-4-13/h1-3,5,8-12,26,32H,4,6-7H2,(H,27,29)(H,30,31). The van der Waals surface area contributed by atoms with Gasteiger partial charge in [0.05, 0.1) is 16.9 Å². The SMILES string of the molecule is Oc1cc(F)cc(-c2ccnc3[nH]c(-c4n[nH]c5ccc(C6=CCNCC6)nc45)cc23)c1. The fraction of sp³-hybridized carbons (Fsp3) is 0.125. The van der Waals surface area contributed by atoms with Gasteiger partial charge in [0, 0.05) is 24.2 Å². The molecule has 0 spiro atoms. The van der Waals surface area contributed by atoms with Crippen LogP contribution in [0.3, 0.4) is 0 Å². The van der Waals surface area contributed by atoms with E-state index in [0.717, 1.165) is 58.9 Å². The molecule has 0 amide bonds. The van der Waals surface area contributed by atoms with Crippen molar-refractivity contribution in [1.29, 1.82) is 0 Å². The Balaban J connectivity index is 1.49. The van der Waals surface area contributed by atoms with E-state index in [1.807, 2.05) is 18.2 Å². The Morgan fingerprint density at radius 2 is 2.00 bits per heavy atom. The normalized spacial score (nSPS) is 14.2. The van der Waals surface area contributed by atoms with Gasteiger partial charge in [0.25, 0.3) is 0 Å². The van der Waals surface area contributed by atoms with Crippen molar-refractivity contribution in [3.05, 3.63) is 66.2 Å². The molecular formula is C24H19FN6O. The number of pyridine rings is 2. The van der Waals surface area contributed by atoms with Gasteiger partial charge >= 0.3 is 0 Å². The highest BCUT2D eigenvalue weighted by Gasteiger charge is 2.17. The van der Waals surface area contributed by atoms with Crippen molar-refractivity contribution in [2.24, 2.45) is 0 Å². The van der Waals surface area contributed by atoms with Crippen LogP contribution in [0.2, 0.25) is 0 Å². The molecule has 0 fully saturated rings. The zero-order valence-electron chi connectivity index (χ0n) is 17.0. The van der Waals surface area contributed by atoms with Crippen LogP contribution in [0.25, 0.3) is 50.2 Å². The molecule has 7 nitrogen and oxygen atoms in total. The van der Waals surface area contributed by atoms with Gasteiger partial charge in [-0.3, -0.25) is 5.10 Å². The second kappa shape index (κ2) is 7.28. The van der Waals surface area contributed by atoms with Crippen molar-refractivity contribution in [2.75, 3.05) is 13.1 Å². The van der Waals surface area contributed by atoms with Gasteiger partial charge in [-0.15, -0.1) is 0 Å². The summed E-state index contributed by atoms with van der Waals surface area (Å²) in [4.78, 5) is 12.6. The maximum Gasteiger partial charge on any atom is 0.138 e. The number of hydrogen-bond donors (Lipinski definition) is 4. The number of rotatable bonds is 3. The van der Waals surface area contributed by atoms with Gasteiger partial charge < -0.3 is 15.4 Å². The summed E-state index contributed by atoms with van der Waals surface area (Å²) in [6.45, 7) is 1.79. The molecule has 8 heteroatoms. The number of aromatic nitrogens is 5. The van der Waals surface area contributed by atoms with Crippen LogP contribution in [0.5, 0.6) is 5.75 Å². The number of halogens is 1. The fourth-order valence-electron chi connectivity index (χ4n) is 4.26. The third kappa shape index (κ3) is 3.12. The molecular weight excluding hydrogens is 407 g/mol. The first kappa shape index (κ1) is 18.7. The van der Waals surface area contributed by atoms with E-state index in [-0.39, 0.29) is 5.75 Å². The quantitative estimate of drug-likeness (QED) is 0.343. The number of phenolic OH excluding ortho intramolecular Hbond substituents is 1. The van der Waals surface area contributed by atoms with Crippen molar-refractivity contribution in [1.82, 2.24) is 30.5 Å². The Kier molecular flexibility index (Phi) is 4.26. The number of aromatic hydroxyl groups is 1. The maximum absolute atomic E-state index is 13.9. The second-order valence-electron chi connectivity index (χ2n) is 7.85. The smallest absolute Gasteiger partial charge is 0.138 e. The van der Waals surface area contributed by atoms with Gasteiger partial charge in [-0.1, -0.05) is 6.08 Å². The van der Waals surface area contributed by atoms with E-state index in [1.54, 1.807) is 12.3 Å². The van der Waals surface area contributed by atoms with Gasteiger partial charge in [-0.05, 0) is 66.1 Å². The largest absolute Gasteiger partial charge is 0.508 e. The summed E-state index contributed by atoms with van der Waals surface area (Å²) in [6, 6.07) is 11.8. The first-order valence-corrected chi connectivity index (χ1v) is 10.4. The van der Waals surface area contributed by atoms with Crippen LogP contribution in [0.4, 0.5) is 4.39 Å². The average Bonchev–Trinajstić information content (AvgIpc) is 3.42. The van der Waals surface area contributed by atoms with Crippen molar-refractivity contribution in [2.45, 2.75) is 6.42 Å². The number of aromatic amines is 2. The fourth-order valence-corrected chi connectivity index (χ4v) is 4.26. The summed E-state index contributed by atoms with van der Waals surface area (Å²) in [7, 11) is 0. The molecule has 0 unspecified atom stereocenters. The lowest BCUT2D eigenvalue weighted by Crippen LogP contribution is -2.20. The molecule has 0 radical (unpaired) electrons. The summed E-state index contributed by atoms with van der Waals surface area (Å²) < 4.78 is 13.9. The summed E-state index contributed by atoms with van der Waals surface area (Å²) in [5, 5.41) is 21.5. The van der Waals surface area contributed by atoms with Crippen LogP contribution in [-0.4, -0.2) is 43.3 Å². The van der Waals surface area contributed by atoms with Gasteiger partial charge in [-0.2, -0.15) is 5.10 Å². The number of nitrogens with one attached hydrogen (secondary N) is 3. The Hall–Kier alpha value is -4.04. The Morgan fingerprint density at radius 3 is 2.84 bits per heavy atom. The molecule has 32 heavy (non-hydrogen) atoms. The summed E-state index contributed by atoms with van der Waals surface area (Å²) in [5.41, 5.74) is 7.24. The lowest BCUT2D eigenvalue weighted by Gasteiger charge is -2.13. The summed E-state index contributed by atoms with van der Waals surface area (Å²) >= 11 is 0. The molecule has 0 bridgehead atoms. The molecule has 1 aromatic carbocycles. The predicted octanol–water partition coefficient (Wildman–Crippen LogP) is 4.39. The molecule has 1 aliphatic heterocycles. The van der Waals surface area contributed by atoms with Gasteiger partial charge in [-0.25, -0.2) is 14.4 Å². The van der Waals surface area contributed by atoms with Crippen molar-refractivity contribution < 1.29 is 9.50 Å². The second-order valence-corrected chi connectivity index (χ2v) is 7.85. The van der Waals surface area contributed by atoms with Crippen molar-refractivity contribution >= 4 is 27.6 Å². The highest BCUT2D eigenvalue weighted by Crippen LogP contribution is 2.34. The Morgan fingerprint density at radius 1 is 1.06 bits per heavy atom. The van der Waals surface area contributed by atoms with Gasteiger partial charge in [0.2, 0.25) is 0 Å². The van der Waals surface area contributed by atoms with E-state index < -0.39 is 5.82 Å². The van der Waals surface area contributed by atoms with E-state index >= 15 is 0 Å². The number of H-pyrrole nitrogens is 2. The highest BCUT2D eigenvalue weighted by molar-refractivity contribution is 5.99. The van der Waals surface area contributed by atoms with E-state index in [1.165, 1.54) is 17.7 Å². The summed E-state index contributed by atoms with van der Waals surface area (Å²) in [5.74, 6) is -0.620. The zero-order valence-corrected chi connectivity index (χ0v) is 17.0. The van der Waals surface area contributed by atoms with Crippen LogP contribution in [-0.2, 0) is 0 Å². The summed E-state index contributed by atoms with van der Waals surface area (Å²) in [6.07, 6.45) is 4.76. The van der Waals surface area contributed by atoms with Crippen molar-refractivity contribution in [3.8, 4) is 28.3 Å². The predicted molar refractivity (Wildman–Crippen MR) is 121 cm³/mol. The van der Waals surface area contributed by atoms with Crippen LogP contribution in [0.1, 0.15) is 12.1 Å². The van der Waals surface area contributed by atoms with E-state index in [9.17, 15) is 9.50 Å². The molecule has 0 atom stereocenters. The number of phenols is 1. The first-order chi connectivity index (χ1) is 15.7. The third-order valence-electron chi connectivity index (χ3n) is 5.78. The average molecular weight is 426 g/mol. The first-order valence-electron chi connectivity index (χ1n) is 10.4. The molecule has 4 aromatic heterocycles. The molecule has 4 N–H and O–H groups in total. The maximum atomic E-state index is 13.9. The van der Waals surface area contributed by atoms with E-state index in [2.05, 4.69) is 31.6 Å². The number of fused-ring (bicyclic) bond motifs is 2. The molecule has 6 rings (SSSR count).